The maximum absolute atomic E-state index is 12.9. The predicted octanol–water partition coefficient (Wildman–Crippen LogP) is 1.92. The van der Waals surface area contributed by atoms with Gasteiger partial charge in [0.1, 0.15) is 0 Å². The van der Waals surface area contributed by atoms with Crippen LogP contribution in [-0.4, -0.2) is 55.8 Å². The maximum Gasteiger partial charge on any atom is 0.282 e. The lowest BCUT2D eigenvalue weighted by molar-refractivity contribution is 0.227. The smallest absolute Gasteiger partial charge is 0.282 e. The third-order valence-corrected chi connectivity index (χ3v) is 6.06. The van der Waals surface area contributed by atoms with E-state index in [1.54, 1.807) is 8.61 Å². The Morgan fingerprint density at radius 3 is 2.48 bits per heavy atom. The van der Waals surface area contributed by atoms with Crippen molar-refractivity contribution in [1.82, 2.24) is 13.9 Å². The van der Waals surface area contributed by atoms with E-state index < -0.39 is 10.2 Å². The van der Waals surface area contributed by atoms with Crippen molar-refractivity contribution in [2.45, 2.75) is 53.5 Å². The Morgan fingerprint density at radius 2 is 1.95 bits per heavy atom. The van der Waals surface area contributed by atoms with Gasteiger partial charge in [0, 0.05) is 25.7 Å². The lowest BCUT2D eigenvalue weighted by Gasteiger charge is -2.37. The fourth-order valence-electron chi connectivity index (χ4n) is 2.83. The molecule has 1 rings (SSSR count). The number of hydrogen-bond donors (Lipinski definition) is 1. The fraction of sp³-hybridized carbons (Fsp3) is 1.00. The van der Waals surface area contributed by atoms with Crippen molar-refractivity contribution in [2.75, 3.05) is 32.7 Å². The number of nitrogens with one attached hydrogen (secondary N) is 1. The van der Waals surface area contributed by atoms with Gasteiger partial charge in [0.05, 0.1) is 0 Å². The molecule has 21 heavy (non-hydrogen) atoms. The highest BCUT2D eigenvalue weighted by atomic mass is 32.2. The number of piperidine rings is 1. The summed E-state index contributed by atoms with van der Waals surface area (Å²) in [7, 11) is -3.34. The zero-order chi connectivity index (χ0) is 16.0. The van der Waals surface area contributed by atoms with Gasteiger partial charge in [-0.15, -0.1) is 0 Å². The summed E-state index contributed by atoms with van der Waals surface area (Å²) in [5, 5.41) is 3.34. The van der Waals surface area contributed by atoms with Gasteiger partial charge in [-0.1, -0.05) is 20.8 Å². The van der Waals surface area contributed by atoms with E-state index in [2.05, 4.69) is 26.1 Å². The SMILES string of the molecule is CCNCC1CCCN(S(=O)(=O)N(CC(C)C)C(C)C)C1. The minimum Gasteiger partial charge on any atom is -0.317 e. The molecule has 1 saturated heterocycles. The molecule has 1 aliphatic heterocycles. The van der Waals surface area contributed by atoms with E-state index in [4.69, 9.17) is 0 Å². The molecule has 0 aromatic heterocycles. The quantitative estimate of drug-likeness (QED) is 0.743. The van der Waals surface area contributed by atoms with Crippen molar-refractivity contribution in [2.24, 2.45) is 11.8 Å². The maximum atomic E-state index is 12.9. The summed E-state index contributed by atoms with van der Waals surface area (Å²) in [4.78, 5) is 0. The highest BCUT2D eigenvalue weighted by Gasteiger charge is 2.34. The predicted molar refractivity (Wildman–Crippen MR) is 88.4 cm³/mol. The Kier molecular flexibility index (Phi) is 7.60. The molecule has 0 aliphatic carbocycles. The summed E-state index contributed by atoms with van der Waals surface area (Å²) in [5.41, 5.74) is 0. The van der Waals surface area contributed by atoms with Crippen LogP contribution in [0.5, 0.6) is 0 Å². The van der Waals surface area contributed by atoms with Gasteiger partial charge in [0.15, 0.2) is 0 Å². The summed E-state index contributed by atoms with van der Waals surface area (Å²) in [6, 6.07) is 0.00606. The zero-order valence-electron chi connectivity index (χ0n) is 14.3. The molecule has 5 nitrogen and oxygen atoms in total. The van der Waals surface area contributed by atoms with E-state index in [-0.39, 0.29) is 6.04 Å². The van der Waals surface area contributed by atoms with Gasteiger partial charge in [-0.2, -0.15) is 17.0 Å². The van der Waals surface area contributed by atoms with E-state index >= 15 is 0 Å². The molecule has 1 unspecified atom stereocenters. The van der Waals surface area contributed by atoms with Crippen LogP contribution in [-0.2, 0) is 10.2 Å². The molecule has 1 atom stereocenters. The number of rotatable bonds is 8. The molecular weight excluding hydrogens is 286 g/mol. The second-order valence-electron chi connectivity index (χ2n) is 6.74. The highest BCUT2D eigenvalue weighted by molar-refractivity contribution is 7.86. The van der Waals surface area contributed by atoms with Crippen LogP contribution in [0.2, 0.25) is 0 Å². The molecule has 0 radical (unpaired) electrons. The van der Waals surface area contributed by atoms with Crippen LogP contribution in [0.3, 0.4) is 0 Å². The van der Waals surface area contributed by atoms with Crippen molar-refractivity contribution in [1.29, 1.82) is 0 Å². The number of nitrogens with zero attached hydrogens (tertiary/aromatic N) is 2. The summed E-state index contributed by atoms with van der Waals surface area (Å²) < 4.78 is 29.2. The summed E-state index contributed by atoms with van der Waals surface area (Å²) in [6.45, 7) is 13.9. The van der Waals surface area contributed by atoms with E-state index in [1.165, 1.54) is 0 Å². The second kappa shape index (κ2) is 8.46. The third-order valence-electron chi connectivity index (χ3n) is 3.91. The van der Waals surface area contributed by atoms with E-state index in [1.807, 2.05) is 13.8 Å². The minimum atomic E-state index is -3.34. The molecule has 126 valence electrons. The Hall–Kier alpha value is -0.170. The number of hydrogen-bond acceptors (Lipinski definition) is 3. The monoisotopic (exact) mass is 319 g/mol. The largest absolute Gasteiger partial charge is 0.317 e. The Morgan fingerprint density at radius 1 is 1.29 bits per heavy atom. The van der Waals surface area contributed by atoms with Gasteiger partial charge >= 0.3 is 0 Å². The molecular formula is C15H33N3O2S. The molecule has 1 fully saturated rings. The van der Waals surface area contributed by atoms with Gasteiger partial charge < -0.3 is 5.32 Å². The molecule has 0 aromatic carbocycles. The molecule has 0 amide bonds. The average molecular weight is 320 g/mol. The Labute approximate surface area is 131 Å². The van der Waals surface area contributed by atoms with Crippen LogP contribution < -0.4 is 5.32 Å². The first-order chi connectivity index (χ1) is 9.78. The molecule has 1 aliphatic rings. The van der Waals surface area contributed by atoms with E-state index in [9.17, 15) is 8.42 Å². The molecule has 6 heteroatoms. The lowest BCUT2D eigenvalue weighted by atomic mass is 10.00. The molecule has 0 aromatic rings. The van der Waals surface area contributed by atoms with Crippen LogP contribution >= 0.6 is 0 Å². The zero-order valence-corrected chi connectivity index (χ0v) is 15.1. The van der Waals surface area contributed by atoms with Crippen LogP contribution in [0.25, 0.3) is 0 Å². The first-order valence-electron chi connectivity index (χ1n) is 8.26. The van der Waals surface area contributed by atoms with Crippen LogP contribution in [0.4, 0.5) is 0 Å². The second-order valence-corrected chi connectivity index (χ2v) is 8.62. The minimum absolute atomic E-state index is 0.00606. The van der Waals surface area contributed by atoms with Crippen molar-refractivity contribution in [3.05, 3.63) is 0 Å². The van der Waals surface area contributed by atoms with E-state index in [0.29, 0.717) is 31.5 Å². The van der Waals surface area contributed by atoms with Crippen molar-refractivity contribution in [3.8, 4) is 0 Å². The Bertz CT molecular complexity index is 396. The summed E-state index contributed by atoms with van der Waals surface area (Å²) >= 11 is 0. The molecule has 0 spiro atoms. The standard InChI is InChI=1S/C15H33N3O2S/c1-6-16-10-15-8-7-9-17(12-15)21(19,20)18(14(4)5)11-13(2)3/h13-16H,6-12H2,1-5H3. The topological polar surface area (TPSA) is 52.7 Å². The van der Waals surface area contributed by atoms with Crippen molar-refractivity contribution < 1.29 is 8.42 Å². The van der Waals surface area contributed by atoms with Crippen LogP contribution in [0, 0.1) is 11.8 Å². The molecule has 0 saturated carbocycles. The van der Waals surface area contributed by atoms with Gasteiger partial charge in [-0.05, 0) is 51.6 Å². The molecule has 1 N–H and O–H groups in total. The van der Waals surface area contributed by atoms with Crippen LogP contribution in [0.15, 0.2) is 0 Å². The fourth-order valence-corrected chi connectivity index (χ4v) is 4.91. The van der Waals surface area contributed by atoms with Gasteiger partial charge in [-0.25, -0.2) is 0 Å². The molecule has 1 heterocycles. The van der Waals surface area contributed by atoms with Gasteiger partial charge in [-0.3, -0.25) is 0 Å². The van der Waals surface area contributed by atoms with Crippen molar-refractivity contribution >= 4 is 10.2 Å². The van der Waals surface area contributed by atoms with Crippen molar-refractivity contribution in [3.63, 3.8) is 0 Å². The van der Waals surface area contributed by atoms with Gasteiger partial charge in [0.2, 0.25) is 0 Å². The Balaban J connectivity index is 2.79. The first kappa shape index (κ1) is 18.9. The summed E-state index contributed by atoms with van der Waals surface area (Å²) in [6.07, 6.45) is 2.08. The lowest BCUT2D eigenvalue weighted by Crippen LogP contribution is -2.52. The first-order valence-corrected chi connectivity index (χ1v) is 9.66. The third kappa shape index (κ3) is 5.51. The summed E-state index contributed by atoms with van der Waals surface area (Å²) in [5.74, 6) is 0.769. The highest BCUT2D eigenvalue weighted by Crippen LogP contribution is 2.22. The normalized spacial score (nSPS) is 21.6. The van der Waals surface area contributed by atoms with E-state index in [0.717, 1.165) is 25.9 Å². The van der Waals surface area contributed by atoms with Gasteiger partial charge in [0.25, 0.3) is 10.2 Å². The average Bonchev–Trinajstić information content (AvgIpc) is 2.42. The molecule has 0 bridgehead atoms. The van der Waals surface area contributed by atoms with Crippen LogP contribution in [0.1, 0.15) is 47.5 Å².